The number of hydrogen-bond donors (Lipinski definition) is 3. The van der Waals surface area contributed by atoms with Crippen LogP contribution in [0.4, 0.5) is 0 Å². The molecule has 1 amide bonds. The second-order valence-corrected chi connectivity index (χ2v) is 22.2. The van der Waals surface area contributed by atoms with Gasteiger partial charge in [-0.2, -0.15) is 0 Å². The number of rotatable bonds is 59. The molecule has 0 saturated carbocycles. The molecule has 72 heavy (non-hydrogen) atoms. The number of nitrogens with one attached hydrogen (secondary N) is 1. The predicted molar refractivity (Wildman–Crippen MR) is 315 cm³/mol. The molecule has 3 unspecified atom stereocenters. The Balaban J connectivity index is 4.52. The minimum atomic E-state index is -0.790. The van der Waals surface area contributed by atoms with Crippen molar-refractivity contribution in [3.8, 4) is 0 Å². The maximum absolute atomic E-state index is 13.3. The van der Waals surface area contributed by atoms with Crippen molar-refractivity contribution in [1.29, 1.82) is 0 Å². The highest BCUT2D eigenvalue weighted by molar-refractivity contribution is 5.77. The van der Waals surface area contributed by atoms with Gasteiger partial charge in [-0.05, 0) is 83.5 Å². The summed E-state index contributed by atoms with van der Waals surface area (Å²) in [5, 5.41) is 24.0. The van der Waals surface area contributed by atoms with Gasteiger partial charge < -0.3 is 20.3 Å². The lowest BCUT2D eigenvalue weighted by atomic mass is 10.0. The van der Waals surface area contributed by atoms with Crippen LogP contribution in [0.3, 0.4) is 0 Å². The average molecular weight is 1010 g/mol. The molecule has 0 radical (unpaired) electrons. The van der Waals surface area contributed by atoms with Crippen molar-refractivity contribution < 1.29 is 24.5 Å². The van der Waals surface area contributed by atoms with Crippen molar-refractivity contribution in [2.75, 3.05) is 6.61 Å². The van der Waals surface area contributed by atoms with E-state index in [0.29, 0.717) is 19.3 Å². The zero-order chi connectivity index (χ0) is 52.3. The molecular formula is C66H125NO5. The van der Waals surface area contributed by atoms with Crippen LogP contribution in [0, 0.1) is 0 Å². The summed E-state index contributed by atoms with van der Waals surface area (Å²) < 4.78 is 5.99. The van der Waals surface area contributed by atoms with Gasteiger partial charge in [0.2, 0.25) is 5.91 Å². The van der Waals surface area contributed by atoms with E-state index in [1.54, 1.807) is 0 Å². The number of esters is 1. The normalized spacial score (nSPS) is 13.2. The van der Waals surface area contributed by atoms with E-state index in [-0.39, 0.29) is 24.9 Å². The molecule has 3 N–H and O–H groups in total. The summed E-state index contributed by atoms with van der Waals surface area (Å²) in [7, 11) is 0. The van der Waals surface area contributed by atoms with Crippen LogP contribution in [-0.2, 0) is 14.3 Å². The third-order valence-electron chi connectivity index (χ3n) is 14.9. The van der Waals surface area contributed by atoms with Gasteiger partial charge in [0.1, 0.15) is 6.10 Å². The van der Waals surface area contributed by atoms with Gasteiger partial charge in [-0.1, -0.05) is 288 Å². The van der Waals surface area contributed by atoms with Crippen LogP contribution in [0.25, 0.3) is 0 Å². The highest BCUT2D eigenvalue weighted by Crippen LogP contribution is 2.19. The summed E-state index contributed by atoms with van der Waals surface area (Å²) in [5.41, 5.74) is 0. The van der Waals surface area contributed by atoms with Crippen LogP contribution in [0.5, 0.6) is 0 Å². The van der Waals surface area contributed by atoms with E-state index in [9.17, 15) is 19.8 Å². The summed E-state index contributed by atoms with van der Waals surface area (Å²) in [6.45, 7) is 6.51. The smallest absolute Gasteiger partial charge is 0.306 e. The fourth-order valence-corrected chi connectivity index (χ4v) is 10.0. The quantitative estimate of drug-likeness (QED) is 0.0320. The van der Waals surface area contributed by atoms with E-state index < -0.39 is 18.2 Å². The van der Waals surface area contributed by atoms with Crippen LogP contribution >= 0.6 is 0 Å². The molecule has 6 nitrogen and oxygen atoms in total. The molecule has 0 aliphatic rings. The summed E-state index contributed by atoms with van der Waals surface area (Å²) in [6, 6.07) is -0.703. The minimum absolute atomic E-state index is 0.0767. The molecule has 0 saturated heterocycles. The Hall–Kier alpha value is -1.92. The Morgan fingerprint density at radius 3 is 1.10 bits per heavy atom. The number of aliphatic hydroxyl groups excluding tert-OH is 2. The molecule has 0 aromatic rings. The Labute approximate surface area is 449 Å². The largest absolute Gasteiger partial charge is 0.462 e. The Kier molecular flexibility index (Phi) is 58.4. The van der Waals surface area contributed by atoms with E-state index in [0.717, 1.165) is 57.8 Å². The zero-order valence-electron chi connectivity index (χ0n) is 48.6. The fourth-order valence-electron chi connectivity index (χ4n) is 10.0. The van der Waals surface area contributed by atoms with Crippen molar-refractivity contribution in [2.45, 2.75) is 366 Å². The molecule has 0 fully saturated rings. The molecular weight excluding hydrogens is 887 g/mol. The third kappa shape index (κ3) is 54.3. The van der Waals surface area contributed by atoms with Crippen molar-refractivity contribution in [2.24, 2.45) is 0 Å². The van der Waals surface area contributed by atoms with Gasteiger partial charge in [0.15, 0.2) is 0 Å². The van der Waals surface area contributed by atoms with Crippen LogP contribution in [0.15, 0.2) is 36.5 Å². The van der Waals surface area contributed by atoms with Crippen LogP contribution in [-0.4, -0.2) is 46.9 Å². The molecule has 0 bridgehead atoms. The number of amides is 1. The van der Waals surface area contributed by atoms with Crippen molar-refractivity contribution >= 4 is 11.9 Å². The van der Waals surface area contributed by atoms with Gasteiger partial charge in [0.05, 0.1) is 25.2 Å². The molecule has 0 aromatic carbocycles. The highest BCUT2D eigenvalue weighted by atomic mass is 16.5. The van der Waals surface area contributed by atoms with E-state index in [1.807, 2.05) is 0 Å². The van der Waals surface area contributed by atoms with Crippen molar-refractivity contribution in [3.05, 3.63) is 36.5 Å². The number of carbonyl (C=O) groups is 2. The van der Waals surface area contributed by atoms with Crippen LogP contribution < -0.4 is 5.32 Å². The Bertz CT molecular complexity index is 1180. The van der Waals surface area contributed by atoms with Gasteiger partial charge >= 0.3 is 5.97 Å². The molecule has 0 heterocycles. The number of carbonyl (C=O) groups excluding carboxylic acids is 2. The number of unbranched alkanes of at least 4 members (excludes halogenated alkanes) is 41. The maximum Gasteiger partial charge on any atom is 0.306 e. The molecule has 0 aliphatic carbocycles. The number of aliphatic hydroxyl groups is 2. The molecule has 0 rings (SSSR count). The molecule has 0 aliphatic heterocycles. The number of hydrogen-bond acceptors (Lipinski definition) is 5. The van der Waals surface area contributed by atoms with E-state index >= 15 is 0 Å². The maximum atomic E-state index is 13.3. The minimum Gasteiger partial charge on any atom is -0.462 e. The zero-order valence-corrected chi connectivity index (χ0v) is 48.6. The second-order valence-electron chi connectivity index (χ2n) is 22.2. The first kappa shape index (κ1) is 70.1. The van der Waals surface area contributed by atoms with Gasteiger partial charge in [-0.15, -0.1) is 0 Å². The Morgan fingerprint density at radius 2 is 0.708 bits per heavy atom. The summed E-state index contributed by atoms with van der Waals surface area (Å²) >= 11 is 0. The first-order chi connectivity index (χ1) is 35.5. The lowest BCUT2D eigenvalue weighted by molar-refractivity contribution is -0.151. The number of allylic oxidation sites excluding steroid dienone is 6. The SMILES string of the molecule is CCCCC/C=C\C/C=C\CCCCCCCCCCCC(=O)OC(CCCCCCCCC/C=C/CCCCCCCC)CC(=O)NC(CO)C(O)CCCCCCCCCCCCCCCCCCC. The second kappa shape index (κ2) is 60.0. The molecule has 0 aromatic heterocycles. The van der Waals surface area contributed by atoms with Crippen LogP contribution in [0.1, 0.15) is 348 Å². The van der Waals surface area contributed by atoms with Gasteiger partial charge in [0.25, 0.3) is 0 Å². The van der Waals surface area contributed by atoms with Crippen molar-refractivity contribution in [1.82, 2.24) is 5.32 Å². The van der Waals surface area contributed by atoms with Crippen molar-refractivity contribution in [3.63, 3.8) is 0 Å². The first-order valence-electron chi connectivity index (χ1n) is 32.2. The summed E-state index contributed by atoms with van der Waals surface area (Å²) in [6.07, 6.45) is 73.6. The van der Waals surface area contributed by atoms with Gasteiger partial charge in [-0.3, -0.25) is 9.59 Å². The predicted octanol–water partition coefficient (Wildman–Crippen LogP) is 20.4. The lowest BCUT2D eigenvalue weighted by Gasteiger charge is -2.24. The monoisotopic (exact) mass is 1010 g/mol. The van der Waals surface area contributed by atoms with E-state index in [4.69, 9.17) is 4.74 Å². The number of ether oxygens (including phenoxy) is 1. The van der Waals surface area contributed by atoms with Gasteiger partial charge in [-0.25, -0.2) is 0 Å². The Morgan fingerprint density at radius 1 is 0.403 bits per heavy atom. The van der Waals surface area contributed by atoms with Crippen LogP contribution in [0.2, 0.25) is 0 Å². The highest BCUT2D eigenvalue weighted by Gasteiger charge is 2.24. The molecule has 3 atom stereocenters. The standard InChI is InChI=1S/C66H125NO5/c1-4-7-10-13-16-19-22-25-28-31-32-35-38-41-44-47-50-53-56-59-66(71)72-62(57-54-51-48-45-42-39-36-33-29-26-23-20-17-14-11-8-5-2)60-65(70)67-63(61-68)64(69)58-55-52-49-46-43-40-37-34-30-27-24-21-18-15-12-9-6-3/h16,19,25-26,28-29,62-64,68-69H,4-15,17-18,20-24,27,30-61H2,1-3H3,(H,67,70)/b19-16-,28-25-,29-26+. The summed E-state index contributed by atoms with van der Waals surface area (Å²) in [5.74, 6) is -0.463. The molecule has 6 heteroatoms. The van der Waals surface area contributed by atoms with E-state index in [2.05, 4.69) is 62.5 Å². The topological polar surface area (TPSA) is 95.9 Å². The lowest BCUT2D eigenvalue weighted by Crippen LogP contribution is -2.46. The fraction of sp³-hybridized carbons (Fsp3) is 0.879. The average Bonchev–Trinajstić information content (AvgIpc) is 3.37. The molecule has 0 spiro atoms. The third-order valence-corrected chi connectivity index (χ3v) is 14.9. The van der Waals surface area contributed by atoms with E-state index in [1.165, 1.54) is 244 Å². The van der Waals surface area contributed by atoms with Gasteiger partial charge in [0, 0.05) is 6.42 Å². The molecule has 424 valence electrons. The first-order valence-corrected chi connectivity index (χ1v) is 32.2. The summed E-state index contributed by atoms with van der Waals surface area (Å²) in [4.78, 5) is 26.4.